The summed E-state index contributed by atoms with van der Waals surface area (Å²) < 4.78 is 0. The Kier molecular flexibility index (Phi) is 3.96. The average molecular weight is 249 g/mol. The Morgan fingerprint density at radius 2 is 2.17 bits per heavy atom. The van der Waals surface area contributed by atoms with Crippen LogP contribution in [0.25, 0.3) is 0 Å². The highest BCUT2D eigenvalue weighted by Gasteiger charge is 2.22. The largest absolute Gasteiger partial charge is 0.384 e. The summed E-state index contributed by atoms with van der Waals surface area (Å²) in [6.45, 7) is 3.52. The smallest absolute Gasteiger partial charge is 0.244 e. The fourth-order valence-corrected chi connectivity index (χ4v) is 2.09. The molecule has 0 radical (unpaired) electrons. The number of hydrogen-bond donors (Lipinski definition) is 2. The highest BCUT2D eigenvalue weighted by molar-refractivity contribution is 5.83. The molecule has 1 aromatic rings. The van der Waals surface area contributed by atoms with E-state index in [2.05, 4.69) is 15.3 Å². The molecule has 2 heterocycles. The third-order valence-electron chi connectivity index (χ3n) is 3.06. The summed E-state index contributed by atoms with van der Waals surface area (Å²) in [6, 6.07) is 1.28. The molecular formula is C12H19N5O. The maximum absolute atomic E-state index is 12.2. The molecule has 0 saturated carbocycles. The van der Waals surface area contributed by atoms with Gasteiger partial charge in [0, 0.05) is 19.3 Å². The second-order valence-electron chi connectivity index (χ2n) is 4.56. The summed E-state index contributed by atoms with van der Waals surface area (Å²) >= 11 is 0. The zero-order valence-electron chi connectivity index (χ0n) is 10.6. The van der Waals surface area contributed by atoms with Crippen molar-refractivity contribution in [3.63, 3.8) is 0 Å². The lowest BCUT2D eigenvalue weighted by Gasteiger charge is -2.29. The van der Waals surface area contributed by atoms with Crippen molar-refractivity contribution in [3.8, 4) is 0 Å². The monoisotopic (exact) mass is 249 g/mol. The fourth-order valence-electron chi connectivity index (χ4n) is 2.09. The van der Waals surface area contributed by atoms with Crippen LogP contribution in [0.5, 0.6) is 0 Å². The number of carbonyl (C=O) groups excluding carboxylic acids is 1. The zero-order valence-corrected chi connectivity index (χ0v) is 10.6. The molecule has 1 aliphatic rings. The van der Waals surface area contributed by atoms with Crippen LogP contribution in [0.15, 0.2) is 12.3 Å². The van der Waals surface area contributed by atoms with Gasteiger partial charge in [-0.1, -0.05) is 0 Å². The minimum absolute atomic E-state index is 0.0979. The van der Waals surface area contributed by atoms with Gasteiger partial charge in [0.15, 0.2) is 0 Å². The molecule has 2 rings (SSSR count). The average Bonchev–Trinajstić information content (AvgIpc) is 2.39. The second-order valence-corrected chi connectivity index (χ2v) is 4.56. The van der Waals surface area contributed by atoms with Gasteiger partial charge >= 0.3 is 0 Å². The molecule has 1 saturated heterocycles. The molecule has 1 aliphatic heterocycles. The van der Waals surface area contributed by atoms with Crippen molar-refractivity contribution in [1.29, 1.82) is 0 Å². The van der Waals surface area contributed by atoms with Crippen LogP contribution >= 0.6 is 0 Å². The molecule has 1 amide bonds. The molecule has 0 bridgehead atoms. The summed E-state index contributed by atoms with van der Waals surface area (Å²) in [5.41, 5.74) is 5.57. The number of nitrogens with zero attached hydrogens (tertiary/aromatic N) is 3. The van der Waals surface area contributed by atoms with Crippen LogP contribution in [-0.4, -0.2) is 39.9 Å². The number of piperidine rings is 1. The van der Waals surface area contributed by atoms with E-state index in [-0.39, 0.29) is 11.9 Å². The molecule has 1 fully saturated rings. The van der Waals surface area contributed by atoms with Crippen LogP contribution in [0.2, 0.25) is 0 Å². The molecule has 1 aromatic heterocycles. The standard InChI is InChI=1S/C12H19N5O/c1-9(11(18)17-7-3-2-4-8-17)15-12-14-6-5-10(13)16-12/h5-6,9H,2-4,7-8H2,1H3,(H3,13,14,15,16). The minimum Gasteiger partial charge on any atom is -0.384 e. The third-order valence-corrected chi connectivity index (χ3v) is 3.06. The molecule has 1 atom stereocenters. The second kappa shape index (κ2) is 5.66. The fraction of sp³-hybridized carbons (Fsp3) is 0.583. The normalized spacial score (nSPS) is 17.3. The Bertz CT molecular complexity index is 417. The first kappa shape index (κ1) is 12.6. The molecule has 0 aromatic carbocycles. The van der Waals surface area contributed by atoms with Crippen molar-refractivity contribution >= 4 is 17.7 Å². The number of likely N-dealkylation sites (tertiary alicyclic amines) is 1. The molecule has 0 spiro atoms. The van der Waals surface area contributed by atoms with Gasteiger partial charge in [0.1, 0.15) is 11.9 Å². The van der Waals surface area contributed by atoms with E-state index in [0.717, 1.165) is 25.9 Å². The van der Waals surface area contributed by atoms with Gasteiger partial charge in [-0.15, -0.1) is 0 Å². The van der Waals surface area contributed by atoms with Crippen molar-refractivity contribution in [1.82, 2.24) is 14.9 Å². The first-order chi connectivity index (χ1) is 8.66. The number of hydrogen-bond acceptors (Lipinski definition) is 5. The Labute approximate surface area is 107 Å². The van der Waals surface area contributed by atoms with Gasteiger partial charge in [-0.05, 0) is 32.3 Å². The maximum Gasteiger partial charge on any atom is 0.244 e. The number of aromatic nitrogens is 2. The molecule has 1 unspecified atom stereocenters. The van der Waals surface area contributed by atoms with Crippen LogP contribution in [0.4, 0.5) is 11.8 Å². The molecule has 0 aliphatic carbocycles. The van der Waals surface area contributed by atoms with Gasteiger partial charge < -0.3 is 16.0 Å². The number of nitrogen functional groups attached to an aromatic ring is 1. The predicted octanol–water partition coefficient (Wildman–Crippen LogP) is 0.872. The maximum atomic E-state index is 12.2. The van der Waals surface area contributed by atoms with Gasteiger partial charge in [0.2, 0.25) is 11.9 Å². The number of amides is 1. The third kappa shape index (κ3) is 3.09. The van der Waals surface area contributed by atoms with E-state index in [9.17, 15) is 4.79 Å². The van der Waals surface area contributed by atoms with Gasteiger partial charge in [-0.3, -0.25) is 4.79 Å². The van der Waals surface area contributed by atoms with Gasteiger partial charge in [0.25, 0.3) is 0 Å². The molecule has 6 heteroatoms. The van der Waals surface area contributed by atoms with Crippen molar-refractivity contribution in [2.75, 3.05) is 24.1 Å². The summed E-state index contributed by atoms with van der Waals surface area (Å²) in [4.78, 5) is 22.1. The predicted molar refractivity (Wildman–Crippen MR) is 70.0 cm³/mol. The summed E-state index contributed by atoms with van der Waals surface area (Å²) in [5, 5.41) is 2.99. The van der Waals surface area contributed by atoms with Crippen LogP contribution in [0.3, 0.4) is 0 Å². The lowest BCUT2D eigenvalue weighted by atomic mass is 10.1. The quantitative estimate of drug-likeness (QED) is 0.830. The summed E-state index contributed by atoms with van der Waals surface area (Å²) in [6.07, 6.45) is 4.97. The van der Waals surface area contributed by atoms with E-state index in [4.69, 9.17) is 5.73 Å². The number of nitrogens with one attached hydrogen (secondary N) is 1. The molecular weight excluding hydrogens is 230 g/mol. The first-order valence-electron chi connectivity index (χ1n) is 6.30. The Balaban J connectivity index is 1.94. The van der Waals surface area contributed by atoms with Crippen LogP contribution in [0, 0.1) is 0 Å². The molecule has 6 nitrogen and oxygen atoms in total. The molecule has 18 heavy (non-hydrogen) atoms. The topological polar surface area (TPSA) is 84.1 Å². The number of carbonyl (C=O) groups is 1. The van der Waals surface area contributed by atoms with Crippen LogP contribution in [0.1, 0.15) is 26.2 Å². The van der Waals surface area contributed by atoms with Crippen LogP contribution in [-0.2, 0) is 4.79 Å². The van der Waals surface area contributed by atoms with Gasteiger partial charge in [-0.2, -0.15) is 4.98 Å². The van der Waals surface area contributed by atoms with E-state index in [1.165, 1.54) is 6.42 Å². The summed E-state index contributed by atoms with van der Waals surface area (Å²) in [5.74, 6) is 0.888. The van der Waals surface area contributed by atoms with Gasteiger partial charge in [-0.25, -0.2) is 4.98 Å². The van der Waals surface area contributed by atoms with Crippen molar-refractivity contribution in [2.24, 2.45) is 0 Å². The van der Waals surface area contributed by atoms with E-state index >= 15 is 0 Å². The highest BCUT2D eigenvalue weighted by Crippen LogP contribution is 2.11. The van der Waals surface area contributed by atoms with E-state index in [1.807, 2.05) is 11.8 Å². The number of rotatable bonds is 3. The van der Waals surface area contributed by atoms with E-state index in [0.29, 0.717) is 11.8 Å². The van der Waals surface area contributed by atoms with Crippen LogP contribution < -0.4 is 11.1 Å². The van der Waals surface area contributed by atoms with E-state index in [1.54, 1.807) is 12.3 Å². The highest BCUT2D eigenvalue weighted by atomic mass is 16.2. The first-order valence-corrected chi connectivity index (χ1v) is 6.30. The summed E-state index contributed by atoms with van der Waals surface area (Å²) in [7, 11) is 0. The lowest BCUT2D eigenvalue weighted by molar-refractivity contribution is -0.132. The van der Waals surface area contributed by atoms with Gasteiger partial charge in [0.05, 0.1) is 0 Å². The van der Waals surface area contributed by atoms with Crippen molar-refractivity contribution in [2.45, 2.75) is 32.2 Å². The minimum atomic E-state index is -0.329. The molecule has 3 N–H and O–H groups in total. The van der Waals surface area contributed by atoms with Crippen molar-refractivity contribution in [3.05, 3.63) is 12.3 Å². The zero-order chi connectivity index (χ0) is 13.0. The lowest BCUT2D eigenvalue weighted by Crippen LogP contribution is -2.44. The SMILES string of the molecule is CC(Nc1nccc(N)n1)C(=O)N1CCCCC1. The van der Waals surface area contributed by atoms with Crippen molar-refractivity contribution < 1.29 is 4.79 Å². The molecule has 98 valence electrons. The van der Waals surface area contributed by atoms with E-state index < -0.39 is 0 Å². The Morgan fingerprint density at radius 1 is 1.44 bits per heavy atom. The Morgan fingerprint density at radius 3 is 2.83 bits per heavy atom. The Hall–Kier alpha value is -1.85. The number of anilines is 2. The number of nitrogens with two attached hydrogens (primary N) is 1.